The van der Waals surface area contributed by atoms with Crippen LogP contribution in [0, 0.1) is 0 Å². The van der Waals surface area contributed by atoms with Crippen LogP contribution in [0.1, 0.15) is 11.1 Å². The molecule has 1 N–H and O–H groups in total. The Morgan fingerprint density at radius 2 is 1.18 bits per heavy atom. The summed E-state index contributed by atoms with van der Waals surface area (Å²) in [6.45, 7) is 0.542. The van der Waals surface area contributed by atoms with Crippen LogP contribution in [0.3, 0.4) is 0 Å². The lowest BCUT2D eigenvalue weighted by atomic mass is 9.97. The summed E-state index contributed by atoms with van der Waals surface area (Å²) >= 11 is 0. The van der Waals surface area contributed by atoms with Crippen LogP contribution in [0.4, 0.5) is 0 Å². The smallest absolute Gasteiger partial charge is 0.136 e. The molecule has 1 aliphatic rings. The Morgan fingerprint density at radius 3 is 1.91 bits per heavy atom. The first-order chi connectivity index (χ1) is 27.2. The van der Waals surface area contributed by atoms with Gasteiger partial charge in [-0.2, -0.15) is 0 Å². The van der Waals surface area contributed by atoms with Crippen molar-refractivity contribution in [1.29, 1.82) is 0 Å². The van der Waals surface area contributed by atoms with Crippen LogP contribution in [0.5, 0.6) is 0 Å². The summed E-state index contributed by atoms with van der Waals surface area (Å²) in [6.07, 6.45) is 8.39. The molecule has 0 radical (unpaired) electrons. The Balaban J connectivity index is 1.05. The molecular weight excluding hydrogens is 671 g/mol. The van der Waals surface area contributed by atoms with Crippen molar-refractivity contribution in [3.8, 4) is 5.69 Å². The van der Waals surface area contributed by atoms with Crippen LogP contribution in [-0.2, 0) is 6.54 Å². The molecule has 1 aliphatic carbocycles. The second-order valence-corrected chi connectivity index (χ2v) is 14.3. The van der Waals surface area contributed by atoms with Crippen molar-refractivity contribution < 1.29 is 4.42 Å². The third-order valence-electron chi connectivity index (χ3n) is 11.3. The highest BCUT2D eigenvalue weighted by molar-refractivity contribution is 6.29. The quantitative estimate of drug-likeness (QED) is 0.194. The summed E-state index contributed by atoms with van der Waals surface area (Å²) in [6, 6.07) is 54.6. The SMILES string of the molecule is CN/C(=C1/C=CC=C/C1=N/Cc1ccc(-n2c3ccc4ccccc4c3c3c4ccccc4ccc32)c2ccccc12)c1ccc2c(c1)oc1ccccc12. The van der Waals surface area contributed by atoms with E-state index < -0.39 is 0 Å². The maximum absolute atomic E-state index is 6.26. The fourth-order valence-electron chi connectivity index (χ4n) is 8.80. The van der Waals surface area contributed by atoms with Gasteiger partial charge >= 0.3 is 0 Å². The summed E-state index contributed by atoms with van der Waals surface area (Å²) in [5.74, 6) is 0. The fourth-order valence-corrected chi connectivity index (χ4v) is 8.80. The van der Waals surface area contributed by atoms with Gasteiger partial charge in [0.15, 0.2) is 0 Å². The van der Waals surface area contributed by atoms with Crippen molar-refractivity contribution in [3.05, 3.63) is 193 Å². The van der Waals surface area contributed by atoms with E-state index in [9.17, 15) is 0 Å². The largest absolute Gasteiger partial charge is 0.456 e. The fraction of sp³-hybridized carbons (Fsp3) is 0.0392. The van der Waals surface area contributed by atoms with Crippen molar-refractivity contribution >= 4 is 87.5 Å². The lowest BCUT2D eigenvalue weighted by Gasteiger charge is -2.16. The van der Waals surface area contributed by atoms with Gasteiger partial charge in [0.25, 0.3) is 0 Å². The number of benzene rings is 8. The van der Waals surface area contributed by atoms with E-state index in [1.807, 2.05) is 19.2 Å². The number of nitrogens with one attached hydrogen (secondary N) is 1. The highest BCUT2D eigenvalue weighted by Crippen LogP contribution is 2.42. The van der Waals surface area contributed by atoms with E-state index in [1.165, 1.54) is 59.7 Å². The van der Waals surface area contributed by atoms with Gasteiger partial charge < -0.3 is 14.3 Å². The first-order valence-corrected chi connectivity index (χ1v) is 18.8. The minimum Gasteiger partial charge on any atom is -0.456 e. The Hall–Kier alpha value is -7.17. The zero-order chi connectivity index (χ0) is 36.5. The summed E-state index contributed by atoms with van der Waals surface area (Å²) in [5.41, 5.74) is 10.6. The van der Waals surface area contributed by atoms with Crippen molar-refractivity contribution in [2.75, 3.05) is 7.05 Å². The van der Waals surface area contributed by atoms with Gasteiger partial charge in [-0.05, 0) is 75.0 Å². The number of para-hydroxylation sites is 1. The van der Waals surface area contributed by atoms with Crippen LogP contribution in [0.2, 0.25) is 0 Å². The lowest BCUT2D eigenvalue weighted by Crippen LogP contribution is -2.13. The molecule has 4 heteroatoms. The van der Waals surface area contributed by atoms with Crippen LogP contribution in [0.25, 0.3) is 87.4 Å². The van der Waals surface area contributed by atoms with E-state index >= 15 is 0 Å². The van der Waals surface area contributed by atoms with Crippen molar-refractivity contribution in [2.24, 2.45) is 4.99 Å². The lowest BCUT2D eigenvalue weighted by molar-refractivity contribution is 0.668. The standard InChI is InChI=1S/C51H35N3O/c1-52-51(34-22-26-41-40-18-9-11-21-47(40)55-48(41)30-34)42-19-8-10-20-43(42)53-31-35-25-27-44(39-17-7-6-14-36(35)39)54-45-28-23-32-12-2-4-15-37(32)49(45)50-38-16-5-3-13-33(38)24-29-46(50)54/h2-30,52H,31H2,1H3/b51-42-,53-43-. The summed E-state index contributed by atoms with van der Waals surface area (Å²) < 4.78 is 8.72. The Morgan fingerprint density at radius 1 is 0.564 bits per heavy atom. The molecule has 4 nitrogen and oxygen atoms in total. The summed E-state index contributed by atoms with van der Waals surface area (Å²) in [4.78, 5) is 5.29. The molecule has 8 aromatic carbocycles. The number of aromatic nitrogens is 1. The predicted molar refractivity (Wildman–Crippen MR) is 232 cm³/mol. The molecule has 10 aromatic rings. The molecular formula is C51H35N3O. The second kappa shape index (κ2) is 12.5. The van der Waals surface area contributed by atoms with Crippen LogP contribution in [0.15, 0.2) is 191 Å². The van der Waals surface area contributed by atoms with Crippen molar-refractivity contribution in [3.63, 3.8) is 0 Å². The normalized spacial score (nSPS) is 14.8. The molecule has 0 aliphatic heterocycles. The number of rotatable bonds is 5. The Labute approximate surface area is 317 Å². The highest BCUT2D eigenvalue weighted by Gasteiger charge is 2.20. The molecule has 0 spiro atoms. The number of furan rings is 1. The van der Waals surface area contributed by atoms with Gasteiger partial charge in [0.05, 0.1) is 34.7 Å². The zero-order valence-corrected chi connectivity index (χ0v) is 30.3. The molecule has 0 fully saturated rings. The van der Waals surface area contributed by atoms with Crippen LogP contribution in [-0.4, -0.2) is 17.3 Å². The van der Waals surface area contributed by atoms with E-state index in [2.05, 4.69) is 174 Å². The van der Waals surface area contributed by atoms with Crippen LogP contribution >= 0.6 is 0 Å². The number of aliphatic imine (C=N–C) groups is 1. The molecule has 11 rings (SSSR count). The zero-order valence-electron chi connectivity index (χ0n) is 30.3. The number of hydrogen-bond acceptors (Lipinski definition) is 3. The minimum atomic E-state index is 0.542. The number of allylic oxidation sites excluding steroid dienone is 5. The molecule has 2 aromatic heterocycles. The highest BCUT2D eigenvalue weighted by atomic mass is 16.3. The molecule has 2 heterocycles. The van der Waals surface area contributed by atoms with E-state index in [4.69, 9.17) is 9.41 Å². The van der Waals surface area contributed by atoms with E-state index in [0.29, 0.717) is 6.54 Å². The van der Waals surface area contributed by atoms with E-state index in [-0.39, 0.29) is 0 Å². The van der Waals surface area contributed by atoms with Gasteiger partial charge in [0.2, 0.25) is 0 Å². The van der Waals surface area contributed by atoms with Gasteiger partial charge in [-0.3, -0.25) is 4.99 Å². The maximum Gasteiger partial charge on any atom is 0.136 e. The first kappa shape index (κ1) is 31.4. The average molecular weight is 706 g/mol. The maximum atomic E-state index is 6.26. The van der Waals surface area contributed by atoms with Gasteiger partial charge in [0, 0.05) is 45.1 Å². The monoisotopic (exact) mass is 705 g/mol. The first-order valence-electron chi connectivity index (χ1n) is 18.8. The molecule has 0 unspecified atom stereocenters. The second-order valence-electron chi connectivity index (χ2n) is 14.3. The molecule has 0 bridgehead atoms. The topological polar surface area (TPSA) is 42.5 Å². The van der Waals surface area contributed by atoms with E-state index in [1.54, 1.807) is 0 Å². The summed E-state index contributed by atoms with van der Waals surface area (Å²) in [5, 5.41) is 15.8. The average Bonchev–Trinajstić information content (AvgIpc) is 3.79. The van der Waals surface area contributed by atoms with Gasteiger partial charge in [0.1, 0.15) is 11.2 Å². The molecule has 55 heavy (non-hydrogen) atoms. The number of nitrogens with zero attached hydrogens (tertiary/aromatic N) is 2. The molecule has 0 atom stereocenters. The van der Waals surface area contributed by atoms with E-state index in [0.717, 1.165) is 50.2 Å². The molecule has 0 amide bonds. The molecule has 0 saturated carbocycles. The van der Waals surface area contributed by atoms with Crippen molar-refractivity contribution in [1.82, 2.24) is 9.88 Å². The molecule has 260 valence electrons. The van der Waals surface area contributed by atoms with Gasteiger partial charge in [-0.25, -0.2) is 0 Å². The van der Waals surface area contributed by atoms with Gasteiger partial charge in [-0.15, -0.1) is 0 Å². The number of fused-ring (bicyclic) bond motifs is 11. The third-order valence-corrected chi connectivity index (χ3v) is 11.3. The minimum absolute atomic E-state index is 0.542. The summed E-state index contributed by atoms with van der Waals surface area (Å²) in [7, 11) is 1.97. The van der Waals surface area contributed by atoms with Gasteiger partial charge in [-0.1, -0.05) is 133 Å². The third kappa shape index (κ3) is 4.88. The molecule has 0 saturated heterocycles. The Bertz CT molecular complexity index is 3240. The van der Waals surface area contributed by atoms with Crippen molar-refractivity contribution in [2.45, 2.75) is 6.54 Å². The Kier molecular flexibility index (Phi) is 7.11. The number of hydrogen-bond donors (Lipinski definition) is 1. The van der Waals surface area contributed by atoms with Crippen LogP contribution < -0.4 is 5.32 Å². The predicted octanol–water partition coefficient (Wildman–Crippen LogP) is 12.8.